The second-order valence-electron chi connectivity index (χ2n) is 20.9. The van der Waals surface area contributed by atoms with Crippen LogP contribution in [-0.4, -0.2) is 248 Å². The number of hydrogen-bond acceptors (Lipinski definition) is 42. The van der Waals surface area contributed by atoms with Crippen molar-refractivity contribution in [3.8, 4) is 0 Å². The number of aliphatic hydroxyl groups excluding tert-OH is 9. The predicted molar refractivity (Wildman–Crippen MR) is 332 cm³/mol. The van der Waals surface area contributed by atoms with Gasteiger partial charge >= 0.3 is 37.4 Å². The molecule has 12 heterocycles. The van der Waals surface area contributed by atoms with E-state index in [9.17, 15) is 78.4 Å². The quantitative estimate of drug-likeness (QED) is 0.0280. The fraction of sp³-hybridized carbons (Fsp3) is 0.524. The molecule has 20 N–H and O–H groups in total. The van der Waals surface area contributed by atoms with E-state index in [2.05, 4.69) is 77.5 Å². The number of rotatable bonds is 18. The molecule has 528 valence electrons. The van der Waals surface area contributed by atoms with E-state index in [-0.39, 0.29) is 77.2 Å². The number of hydrogen-bond donors (Lipinski definition) is 16. The number of phosphoric acid groups is 4. The minimum Gasteiger partial charge on any atom is -0.756 e. The molecule has 0 spiro atoms. The van der Waals surface area contributed by atoms with Crippen LogP contribution >= 0.6 is 85.7 Å². The van der Waals surface area contributed by atoms with Crippen molar-refractivity contribution in [1.29, 1.82) is 0 Å². The van der Waals surface area contributed by atoms with Gasteiger partial charge in [-0.15, -0.1) is 47.0 Å². The van der Waals surface area contributed by atoms with Crippen LogP contribution in [0.3, 0.4) is 0 Å². The van der Waals surface area contributed by atoms with Crippen LogP contribution < -0.4 is 67.2 Å². The average molecular weight is 1550 g/mol. The predicted octanol–water partition coefficient (Wildman–Crippen LogP) is -7.92. The van der Waals surface area contributed by atoms with Gasteiger partial charge in [-0.2, -0.15) is 0 Å². The van der Waals surface area contributed by atoms with E-state index in [0.717, 1.165) is 29.9 Å². The van der Waals surface area contributed by atoms with Crippen LogP contribution in [0.2, 0.25) is 0 Å². The topological polar surface area (TPSA) is 722 Å². The molecular formula is C42H58N20NaO25P5S4-2. The molecule has 3 unspecified atom stereocenters. The Morgan fingerprint density at radius 1 is 0.423 bits per heavy atom. The first-order valence-corrected chi connectivity index (χ1v) is 39.1. The maximum atomic E-state index is 11.7. The summed E-state index contributed by atoms with van der Waals surface area (Å²) in [7, 11) is -24.9. The largest absolute Gasteiger partial charge is 1.00 e. The van der Waals surface area contributed by atoms with Crippen molar-refractivity contribution in [2.45, 2.75) is 91.3 Å². The number of nitrogens with two attached hydrogens (primary N) is 4. The Morgan fingerprint density at radius 3 is 0.969 bits per heavy atom. The molecule has 4 aliphatic rings. The summed E-state index contributed by atoms with van der Waals surface area (Å²) >= 11 is 4.54. The first-order chi connectivity index (χ1) is 44.9. The Morgan fingerprint density at radius 2 is 0.701 bits per heavy atom. The van der Waals surface area contributed by atoms with Crippen molar-refractivity contribution < 1.29 is 150 Å². The third kappa shape index (κ3) is 18.7. The van der Waals surface area contributed by atoms with Gasteiger partial charge in [0.2, 0.25) is 0 Å². The van der Waals surface area contributed by atoms with Crippen LogP contribution in [0.5, 0.6) is 0 Å². The molecule has 8 aromatic heterocycles. The summed E-state index contributed by atoms with van der Waals surface area (Å²) in [5, 5.41) is 85.2. The SMILES string of the molecule is CP(C)(=O)OC[C@H]1S[C@@H](n2cnc3c(N)ncnc32)[C@H](O)[C@@H]1O.Nc1ncnc2c1ncn2[C@@H]1S[C@H](CO)[C@@H](O)[C@H]1O.Nc1ncnc2c1ncn2[C@@H]1S[C@H](COP(=O)(O)O)[C@@H](O)[C@H]1O.Nc1ncnc2c1ncn2[C@@H]1S[C@H](COP(=O)([O-])OP(=O)([O-])OP(=O)([O-])O)[C@@H](O)[C@H]1O.[Na+]. The first-order valence-electron chi connectivity index (χ1n) is 26.9. The average Bonchev–Trinajstić information content (AvgIpc) is 1.65. The summed E-state index contributed by atoms with van der Waals surface area (Å²) < 4.78 is 82.6. The van der Waals surface area contributed by atoms with Crippen LogP contribution in [0.25, 0.3) is 44.7 Å². The van der Waals surface area contributed by atoms with Gasteiger partial charge in [0.1, 0.15) is 93.3 Å². The van der Waals surface area contributed by atoms with Gasteiger partial charge in [0.25, 0.3) is 23.5 Å². The number of aliphatic hydroxyl groups is 9. The van der Waals surface area contributed by atoms with Crippen molar-refractivity contribution in [2.75, 3.05) is 62.7 Å². The number of thioether (sulfide) groups is 4. The Balaban J connectivity index is 0.000000167. The summed E-state index contributed by atoms with van der Waals surface area (Å²) in [6.45, 7) is 1.62. The minimum atomic E-state index is -6.04. The van der Waals surface area contributed by atoms with Gasteiger partial charge in [0.05, 0.1) is 97.2 Å². The second kappa shape index (κ2) is 31.8. The van der Waals surface area contributed by atoms with Crippen molar-refractivity contribution in [2.24, 2.45) is 0 Å². The smallest absolute Gasteiger partial charge is 0.756 e. The normalized spacial score (nSPS) is 29.2. The number of phosphoric ester groups is 2. The number of imidazole rings is 4. The number of aromatic nitrogens is 16. The van der Waals surface area contributed by atoms with E-state index in [0.29, 0.717) is 33.5 Å². The number of nitrogen functional groups attached to an aromatic ring is 4. The van der Waals surface area contributed by atoms with E-state index < -0.39 is 143 Å². The third-order valence-electron chi connectivity index (χ3n) is 13.9. The van der Waals surface area contributed by atoms with Crippen LogP contribution in [0.1, 0.15) is 21.5 Å². The van der Waals surface area contributed by atoms with E-state index in [1.165, 1.54) is 90.3 Å². The Hall–Kier alpha value is -3.85. The zero-order valence-corrected chi connectivity index (χ0v) is 59.4. The summed E-state index contributed by atoms with van der Waals surface area (Å²) in [5.74, 6) is 0.777. The molecule has 55 heteroatoms. The molecule has 0 saturated carbocycles. The molecule has 0 bridgehead atoms. The van der Waals surface area contributed by atoms with Crippen LogP contribution in [0.15, 0.2) is 50.6 Å². The van der Waals surface area contributed by atoms with Gasteiger partial charge < -0.3 is 107 Å². The summed E-state index contributed by atoms with van der Waals surface area (Å²) in [6.07, 6.45) is 1.31. The molecular weight excluding hydrogens is 1490 g/mol. The molecule has 0 amide bonds. The van der Waals surface area contributed by atoms with E-state index in [1.807, 2.05) is 0 Å². The van der Waals surface area contributed by atoms with Crippen molar-refractivity contribution in [1.82, 2.24) is 78.1 Å². The Bertz CT molecular complexity index is 4190. The maximum Gasteiger partial charge on any atom is 1.00 e. The van der Waals surface area contributed by atoms with Crippen LogP contribution in [-0.2, 0) is 45.0 Å². The fourth-order valence-corrected chi connectivity index (χ4v) is 19.3. The first kappa shape index (κ1) is 78.9. The molecule has 4 aliphatic heterocycles. The molecule has 12 rings (SSSR count). The van der Waals surface area contributed by atoms with Gasteiger partial charge in [-0.1, -0.05) is 0 Å². The molecule has 4 saturated heterocycles. The van der Waals surface area contributed by atoms with Crippen LogP contribution in [0, 0.1) is 0 Å². The molecule has 45 nitrogen and oxygen atoms in total. The zero-order valence-electron chi connectivity index (χ0n) is 49.7. The number of fused-ring (bicyclic) bond motifs is 4. The minimum absolute atomic E-state index is 0. The molecule has 0 aliphatic carbocycles. The van der Waals surface area contributed by atoms with Crippen molar-refractivity contribution >= 4 is 154 Å². The monoisotopic (exact) mass is 1550 g/mol. The standard InChI is InChI=1S/C12H18N5O4PS.C10H16N5O12P3S.C10H14N5O6PS.C10H13N5O3S.Na/c1-22(2,20)21-3-6-8(18)9(19)12(23-6)17-5-16-7-10(13)14-4-15-11(7)17;11-8-5-9(13-2-12-8)15(3-14-5)10-7(17)6(16)4(31-10)1-25-29(21,22)27-30(23,24)26-28(18,19)20;11-8-5-9(13-2-12-8)15(3-14-5)10-7(17)6(16)4(23-10)1-21-22(18,19)20;11-8-5-9(13-2-12-8)15(3-14-5)10-7(18)6(17)4(1-16)19-10;/h4-6,8-9,12,18-19H,3H2,1-2H3,(H2,13,14,15);2-4,6-7,10,16-17H,1H2,(H,21,22)(H,23,24)(H2,11,12,13)(H2,18,19,20);2-4,6-7,10,16-17H,1H2,(H2,11,12,13)(H2,18,19,20);2-4,6-7,10,16-18H,1H2,(H2,11,12,13);/q;;;;+1/p-3/t6-,8-,9-,12-;3*4-,6-,7-,10-;/m1111./s1. The molecule has 0 aromatic carbocycles. The molecule has 0 radical (unpaired) electrons. The van der Waals surface area contributed by atoms with Gasteiger partial charge in [-0.05, 0) is 0 Å². The second-order valence-corrected chi connectivity index (χ2v) is 34.6. The van der Waals surface area contributed by atoms with Crippen molar-refractivity contribution in [3.05, 3.63) is 50.6 Å². The van der Waals surface area contributed by atoms with Gasteiger partial charge in [-0.3, -0.25) is 41.1 Å². The maximum absolute atomic E-state index is 11.7. The summed E-state index contributed by atoms with van der Waals surface area (Å²) in [4.78, 5) is 107. The van der Waals surface area contributed by atoms with Crippen molar-refractivity contribution in [3.63, 3.8) is 0 Å². The van der Waals surface area contributed by atoms with E-state index in [4.69, 9.17) is 47.2 Å². The fourth-order valence-electron chi connectivity index (χ4n) is 9.50. The van der Waals surface area contributed by atoms with Gasteiger partial charge in [0, 0.05) is 13.3 Å². The summed E-state index contributed by atoms with van der Waals surface area (Å²) in [5.41, 5.74) is 25.9. The Labute approximate surface area is 582 Å². The van der Waals surface area contributed by atoms with Crippen LogP contribution in [0.4, 0.5) is 23.3 Å². The summed E-state index contributed by atoms with van der Waals surface area (Å²) in [6, 6.07) is 0. The van der Waals surface area contributed by atoms with Gasteiger partial charge in [0.15, 0.2) is 53.2 Å². The molecule has 4 fully saturated rings. The molecule has 19 atom stereocenters. The third-order valence-corrected chi connectivity index (χ3v) is 25.1. The molecule has 8 aromatic rings. The Kier molecular flexibility index (Phi) is 25.9. The number of anilines is 4. The van der Waals surface area contributed by atoms with E-state index in [1.54, 1.807) is 9.13 Å². The van der Waals surface area contributed by atoms with Gasteiger partial charge in [-0.25, -0.2) is 73.0 Å². The number of nitrogens with zero attached hydrogens (tertiary/aromatic N) is 16. The van der Waals surface area contributed by atoms with E-state index >= 15 is 0 Å². The molecule has 97 heavy (non-hydrogen) atoms. The zero-order chi connectivity index (χ0) is 70.3.